The Morgan fingerprint density at radius 2 is 2.06 bits per heavy atom. The zero-order valence-electron chi connectivity index (χ0n) is 17.8. The molecule has 1 aliphatic rings. The predicted octanol–water partition coefficient (Wildman–Crippen LogP) is 2.06. The second-order valence-electron chi connectivity index (χ2n) is 7.43. The number of aromatic nitrogens is 3. The van der Waals surface area contributed by atoms with Crippen molar-refractivity contribution in [1.29, 1.82) is 0 Å². The van der Waals surface area contributed by atoms with Crippen LogP contribution in [0.2, 0.25) is 0 Å². The summed E-state index contributed by atoms with van der Waals surface area (Å²) in [6, 6.07) is 10.8. The molecule has 4 rings (SSSR count). The summed E-state index contributed by atoms with van der Waals surface area (Å²) in [5.74, 6) is 4.70. The van der Waals surface area contributed by atoms with Gasteiger partial charge in [-0.05, 0) is 42.8 Å². The number of carbonyl (C=O) groups excluding carboxylic acids is 2. The van der Waals surface area contributed by atoms with E-state index in [1.54, 1.807) is 67.6 Å². The average Bonchev–Trinajstić information content (AvgIpc) is 3.37. The molecule has 0 bridgehead atoms. The second-order valence-corrected chi connectivity index (χ2v) is 7.43. The third kappa shape index (κ3) is 4.11. The van der Waals surface area contributed by atoms with Crippen LogP contribution in [0.15, 0.2) is 55.0 Å². The minimum atomic E-state index is -1.66. The summed E-state index contributed by atoms with van der Waals surface area (Å²) in [4.78, 5) is 30.1. The van der Waals surface area contributed by atoms with Crippen LogP contribution < -0.4 is 0 Å². The fourth-order valence-corrected chi connectivity index (χ4v) is 3.47. The molecule has 1 N–H and O–H groups in total. The number of rotatable bonds is 4. The molecule has 1 amide bonds. The van der Waals surface area contributed by atoms with Crippen LogP contribution >= 0.6 is 0 Å². The van der Waals surface area contributed by atoms with Gasteiger partial charge in [-0.3, -0.25) is 9.78 Å². The number of ether oxygens (including phenoxy) is 1. The molecule has 0 radical (unpaired) electrons. The highest BCUT2D eigenvalue weighted by Crippen LogP contribution is 2.25. The predicted molar refractivity (Wildman–Crippen MR) is 117 cm³/mol. The Balaban J connectivity index is 1.70. The molecule has 1 saturated heterocycles. The zero-order valence-corrected chi connectivity index (χ0v) is 17.8. The zero-order chi connectivity index (χ0) is 22.7. The summed E-state index contributed by atoms with van der Waals surface area (Å²) in [7, 11) is 1.64. The normalized spacial score (nSPS) is 17.7. The van der Waals surface area contributed by atoms with Gasteiger partial charge in [0.1, 0.15) is 0 Å². The molecule has 8 nitrogen and oxygen atoms in total. The Bertz CT molecular complexity index is 1230. The molecule has 1 aliphatic heterocycles. The first-order valence-corrected chi connectivity index (χ1v) is 10.2. The van der Waals surface area contributed by atoms with Crippen molar-refractivity contribution < 1.29 is 19.4 Å². The van der Waals surface area contributed by atoms with Crippen molar-refractivity contribution in [2.24, 2.45) is 0 Å². The standard InChI is InChI=1S/C24H22N4O4/c1-3-32-22(29)21-20(18-8-12-25-13-9-18)16-28(26-21)19-6-4-5-17(15-19)7-10-24(31)11-14-27(2)23(24)30/h4-6,8-9,12-13,15-16,31H,3,11,14H2,1-2H3/t24-/m0/s1. The maximum absolute atomic E-state index is 12.5. The van der Waals surface area contributed by atoms with Gasteiger partial charge in [-0.1, -0.05) is 17.9 Å². The Hall–Kier alpha value is -3.96. The van der Waals surface area contributed by atoms with E-state index in [9.17, 15) is 14.7 Å². The van der Waals surface area contributed by atoms with Crippen LogP contribution in [0.4, 0.5) is 0 Å². The minimum Gasteiger partial charge on any atom is -0.461 e. The molecule has 0 spiro atoms. The Morgan fingerprint density at radius 3 is 2.75 bits per heavy atom. The number of esters is 1. The Labute approximate surface area is 185 Å². The van der Waals surface area contributed by atoms with Crippen molar-refractivity contribution in [3.05, 3.63) is 66.2 Å². The van der Waals surface area contributed by atoms with Gasteiger partial charge in [-0.25, -0.2) is 9.48 Å². The van der Waals surface area contributed by atoms with E-state index >= 15 is 0 Å². The van der Waals surface area contributed by atoms with Gasteiger partial charge in [0.05, 0.1) is 12.3 Å². The van der Waals surface area contributed by atoms with Crippen LogP contribution in [0.5, 0.6) is 0 Å². The molecule has 3 heterocycles. The van der Waals surface area contributed by atoms with Gasteiger partial charge in [-0.2, -0.15) is 5.10 Å². The Kier molecular flexibility index (Phi) is 5.75. The van der Waals surface area contributed by atoms with Crippen molar-refractivity contribution >= 4 is 11.9 Å². The lowest BCUT2D eigenvalue weighted by molar-refractivity contribution is -0.137. The monoisotopic (exact) mass is 430 g/mol. The molecule has 8 heteroatoms. The molecule has 3 aromatic rings. The second kappa shape index (κ2) is 8.65. The van der Waals surface area contributed by atoms with Crippen molar-refractivity contribution in [3.8, 4) is 28.7 Å². The van der Waals surface area contributed by atoms with Gasteiger partial charge in [0.2, 0.25) is 5.60 Å². The minimum absolute atomic E-state index is 0.198. The quantitative estimate of drug-likeness (QED) is 0.503. The molecular weight excluding hydrogens is 408 g/mol. The van der Waals surface area contributed by atoms with E-state index in [1.165, 1.54) is 4.90 Å². The molecular formula is C24H22N4O4. The van der Waals surface area contributed by atoms with Crippen LogP contribution in [0.1, 0.15) is 29.4 Å². The molecule has 162 valence electrons. The lowest BCUT2D eigenvalue weighted by Gasteiger charge is -2.13. The number of hydrogen-bond acceptors (Lipinski definition) is 6. The number of likely N-dealkylation sites (N-methyl/N-ethyl adjacent to an activating group) is 1. The maximum Gasteiger partial charge on any atom is 0.359 e. The average molecular weight is 430 g/mol. The first-order chi connectivity index (χ1) is 15.4. The largest absolute Gasteiger partial charge is 0.461 e. The molecule has 1 aromatic carbocycles. The number of amides is 1. The van der Waals surface area contributed by atoms with Gasteiger partial charge < -0.3 is 14.7 Å². The van der Waals surface area contributed by atoms with E-state index < -0.39 is 17.5 Å². The van der Waals surface area contributed by atoms with Crippen molar-refractivity contribution in [2.75, 3.05) is 20.2 Å². The van der Waals surface area contributed by atoms with Crippen LogP contribution in [-0.2, 0) is 9.53 Å². The van der Waals surface area contributed by atoms with Crippen molar-refractivity contribution in [2.45, 2.75) is 18.9 Å². The topological polar surface area (TPSA) is 97.5 Å². The molecule has 0 unspecified atom stereocenters. The van der Waals surface area contributed by atoms with E-state index in [0.29, 0.717) is 23.4 Å². The summed E-state index contributed by atoms with van der Waals surface area (Å²) >= 11 is 0. The molecule has 2 aromatic heterocycles. The number of carbonyl (C=O) groups is 2. The number of aliphatic hydroxyl groups is 1. The molecule has 0 saturated carbocycles. The first-order valence-electron chi connectivity index (χ1n) is 10.2. The summed E-state index contributed by atoms with van der Waals surface area (Å²) in [6.45, 7) is 2.44. The number of hydrogen-bond donors (Lipinski definition) is 1. The van der Waals surface area contributed by atoms with Crippen LogP contribution in [0, 0.1) is 11.8 Å². The maximum atomic E-state index is 12.5. The number of pyridine rings is 1. The summed E-state index contributed by atoms with van der Waals surface area (Å²) < 4.78 is 6.75. The smallest absolute Gasteiger partial charge is 0.359 e. The van der Waals surface area contributed by atoms with E-state index in [4.69, 9.17) is 4.74 Å². The van der Waals surface area contributed by atoms with E-state index in [1.807, 2.05) is 6.07 Å². The third-order valence-corrected chi connectivity index (χ3v) is 5.21. The van der Waals surface area contributed by atoms with Gasteiger partial charge in [0.25, 0.3) is 5.91 Å². The lowest BCUT2D eigenvalue weighted by atomic mass is 10.0. The fraction of sp³-hybridized carbons (Fsp3) is 0.250. The van der Waals surface area contributed by atoms with Gasteiger partial charge >= 0.3 is 5.97 Å². The van der Waals surface area contributed by atoms with E-state index in [0.717, 1.165) is 5.56 Å². The SMILES string of the molecule is CCOC(=O)c1nn(-c2cccc(C#C[C@]3(O)CCN(C)C3=O)c2)cc1-c1ccncc1. The van der Waals surface area contributed by atoms with Crippen molar-refractivity contribution in [3.63, 3.8) is 0 Å². The highest BCUT2D eigenvalue weighted by atomic mass is 16.5. The number of benzene rings is 1. The summed E-state index contributed by atoms with van der Waals surface area (Å²) in [5.41, 5.74) is 1.22. The third-order valence-electron chi connectivity index (χ3n) is 5.21. The summed E-state index contributed by atoms with van der Waals surface area (Å²) in [5, 5.41) is 15.0. The van der Waals surface area contributed by atoms with Crippen molar-refractivity contribution in [1.82, 2.24) is 19.7 Å². The van der Waals surface area contributed by atoms with Crippen LogP contribution in [0.3, 0.4) is 0 Å². The molecule has 1 fully saturated rings. The number of nitrogens with zero attached hydrogens (tertiary/aromatic N) is 4. The van der Waals surface area contributed by atoms with Crippen LogP contribution in [-0.4, -0.2) is 62.4 Å². The molecule has 0 aliphatic carbocycles. The first kappa shape index (κ1) is 21.3. The van der Waals surface area contributed by atoms with Gasteiger partial charge in [0, 0.05) is 49.7 Å². The van der Waals surface area contributed by atoms with Gasteiger partial charge in [0.15, 0.2) is 5.69 Å². The van der Waals surface area contributed by atoms with Crippen LogP contribution in [0.25, 0.3) is 16.8 Å². The van der Waals surface area contributed by atoms with Gasteiger partial charge in [-0.15, -0.1) is 0 Å². The lowest BCUT2D eigenvalue weighted by Crippen LogP contribution is -2.37. The highest BCUT2D eigenvalue weighted by molar-refractivity contribution is 5.95. The Morgan fingerprint density at radius 1 is 1.28 bits per heavy atom. The fourth-order valence-electron chi connectivity index (χ4n) is 3.47. The van der Waals surface area contributed by atoms with E-state index in [-0.39, 0.29) is 18.7 Å². The number of likely N-dealkylation sites (tertiary alicyclic amines) is 1. The molecule has 32 heavy (non-hydrogen) atoms. The van der Waals surface area contributed by atoms with E-state index in [2.05, 4.69) is 21.9 Å². The molecule has 1 atom stereocenters. The summed E-state index contributed by atoms with van der Waals surface area (Å²) in [6.07, 6.45) is 5.30. The highest BCUT2D eigenvalue weighted by Gasteiger charge is 2.42.